The molecule has 2 heterocycles. The van der Waals surface area contributed by atoms with Crippen LogP contribution >= 0.6 is 11.3 Å². The molecule has 1 aliphatic heterocycles. The Hall–Kier alpha value is -1.32. The Labute approximate surface area is 131 Å². The molecule has 0 atom stereocenters. The van der Waals surface area contributed by atoms with E-state index in [-0.39, 0.29) is 5.54 Å². The highest BCUT2D eigenvalue weighted by Crippen LogP contribution is 2.30. The zero-order chi connectivity index (χ0) is 14.9. The van der Waals surface area contributed by atoms with Gasteiger partial charge in [-0.25, -0.2) is 0 Å². The number of rotatable bonds is 4. The second-order valence-corrected chi connectivity index (χ2v) is 8.02. The second-order valence-electron chi connectivity index (χ2n) is 6.77. The molecule has 1 aromatic heterocycles. The van der Waals surface area contributed by atoms with Crippen LogP contribution in [0.5, 0.6) is 0 Å². The smallest absolute Gasteiger partial charge is 0.0523 e. The third kappa shape index (κ3) is 3.66. The average molecular weight is 300 g/mol. The van der Waals surface area contributed by atoms with Crippen LogP contribution in [0, 0.1) is 0 Å². The van der Waals surface area contributed by atoms with Gasteiger partial charge >= 0.3 is 0 Å². The van der Waals surface area contributed by atoms with Crippen LogP contribution in [0.2, 0.25) is 0 Å². The van der Waals surface area contributed by atoms with Crippen LogP contribution in [0.1, 0.15) is 36.1 Å². The summed E-state index contributed by atoms with van der Waals surface area (Å²) in [6.07, 6.45) is 1.18. The maximum absolute atomic E-state index is 3.56. The average Bonchev–Trinajstić information content (AvgIpc) is 3.04. The highest BCUT2D eigenvalue weighted by molar-refractivity contribution is 7.12. The first-order valence-corrected chi connectivity index (χ1v) is 8.48. The Morgan fingerprint density at radius 2 is 1.86 bits per heavy atom. The molecule has 0 amide bonds. The molecule has 0 unspecified atom stereocenters. The van der Waals surface area contributed by atoms with E-state index < -0.39 is 0 Å². The second kappa shape index (κ2) is 5.82. The Morgan fingerprint density at radius 1 is 1.10 bits per heavy atom. The fourth-order valence-corrected chi connectivity index (χ4v) is 3.69. The minimum atomic E-state index is 0.179. The van der Waals surface area contributed by atoms with E-state index in [1.54, 1.807) is 0 Å². The number of benzene rings is 1. The number of hydrogen-bond acceptors (Lipinski definition) is 3. The topological polar surface area (TPSA) is 15.3 Å². The van der Waals surface area contributed by atoms with Crippen molar-refractivity contribution in [1.82, 2.24) is 5.32 Å². The fraction of sp³-hybridized carbons (Fsp3) is 0.444. The van der Waals surface area contributed by atoms with Gasteiger partial charge in [-0.3, -0.25) is 0 Å². The Balaban J connectivity index is 1.63. The largest absolute Gasteiger partial charge is 0.366 e. The lowest BCUT2D eigenvalue weighted by Gasteiger charge is -2.20. The number of nitrogens with one attached hydrogen (secondary N) is 1. The van der Waals surface area contributed by atoms with Gasteiger partial charge in [0, 0.05) is 34.1 Å². The van der Waals surface area contributed by atoms with Crippen molar-refractivity contribution in [2.24, 2.45) is 0 Å². The molecule has 0 spiro atoms. The normalized spacial score (nSPS) is 14.5. The maximum atomic E-state index is 3.56. The van der Waals surface area contributed by atoms with Crippen LogP contribution in [0.4, 0.5) is 5.69 Å². The van der Waals surface area contributed by atoms with Gasteiger partial charge in [0.05, 0.1) is 6.54 Å². The molecule has 3 rings (SSSR count). The molecule has 0 aliphatic carbocycles. The standard InChI is InChI=1S/C18H24N2S/c1-18(2,3)19-12-15-8-9-16(21-15)13-20-11-10-14-6-4-5-7-17(14)20/h4-9,19H,10-13H2,1-3H3. The van der Waals surface area contributed by atoms with Crippen LogP contribution < -0.4 is 10.2 Å². The molecule has 1 N–H and O–H groups in total. The van der Waals surface area contributed by atoms with Crippen LogP contribution in [0.3, 0.4) is 0 Å². The summed E-state index contributed by atoms with van der Waals surface area (Å²) in [5, 5.41) is 3.56. The van der Waals surface area contributed by atoms with Crippen molar-refractivity contribution in [3.05, 3.63) is 51.7 Å². The first kappa shape index (κ1) is 14.6. The lowest BCUT2D eigenvalue weighted by molar-refractivity contribution is 0.426. The Bertz CT molecular complexity index is 610. The van der Waals surface area contributed by atoms with E-state index in [1.165, 1.54) is 27.4 Å². The van der Waals surface area contributed by atoms with E-state index in [2.05, 4.69) is 67.4 Å². The summed E-state index contributed by atoms with van der Waals surface area (Å²) in [5.41, 5.74) is 3.09. The summed E-state index contributed by atoms with van der Waals surface area (Å²) in [6.45, 7) is 9.78. The predicted octanol–water partition coefficient (Wildman–Crippen LogP) is 4.20. The first-order valence-electron chi connectivity index (χ1n) is 7.67. The van der Waals surface area contributed by atoms with Gasteiger partial charge in [0.15, 0.2) is 0 Å². The van der Waals surface area contributed by atoms with Crippen LogP contribution in [0.15, 0.2) is 36.4 Å². The Morgan fingerprint density at radius 3 is 2.67 bits per heavy atom. The third-order valence-electron chi connectivity index (χ3n) is 3.84. The quantitative estimate of drug-likeness (QED) is 0.910. The lowest BCUT2D eigenvalue weighted by atomic mass is 10.1. The number of nitrogens with zero attached hydrogens (tertiary/aromatic N) is 1. The molecule has 2 nitrogen and oxygen atoms in total. The van der Waals surface area contributed by atoms with Crippen LogP contribution in [0.25, 0.3) is 0 Å². The molecule has 0 saturated carbocycles. The monoisotopic (exact) mass is 300 g/mol. The van der Waals surface area contributed by atoms with Gasteiger partial charge in [0.2, 0.25) is 0 Å². The Kier molecular flexibility index (Phi) is 4.05. The van der Waals surface area contributed by atoms with Crippen LogP contribution in [-0.2, 0) is 19.5 Å². The van der Waals surface area contributed by atoms with Crippen LogP contribution in [-0.4, -0.2) is 12.1 Å². The molecule has 1 aromatic carbocycles. The molecule has 21 heavy (non-hydrogen) atoms. The number of thiophene rings is 1. The number of fused-ring (bicyclic) bond motifs is 1. The van der Waals surface area contributed by atoms with E-state index in [4.69, 9.17) is 0 Å². The molecule has 2 aromatic rings. The summed E-state index contributed by atoms with van der Waals surface area (Å²) in [4.78, 5) is 5.38. The SMILES string of the molecule is CC(C)(C)NCc1ccc(CN2CCc3ccccc32)s1. The van der Waals surface area contributed by atoms with Gasteiger partial charge < -0.3 is 10.2 Å². The zero-order valence-electron chi connectivity index (χ0n) is 13.1. The number of anilines is 1. The molecule has 3 heteroatoms. The van der Waals surface area contributed by atoms with Gasteiger partial charge in [-0.05, 0) is 51.0 Å². The van der Waals surface area contributed by atoms with Gasteiger partial charge in [0.25, 0.3) is 0 Å². The predicted molar refractivity (Wildman–Crippen MR) is 92.1 cm³/mol. The molecule has 1 aliphatic rings. The van der Waals surface area contributed by atoms with Crippen molar-refractivity contribution in [1.29, 1.82) is 0 Å². The molecule has 0 bridgehead atoms. The van der Waals surface area contributed by atoms with Crippen molar-refractivity contribution >= 4 is 17.0 Å². The van der Waals surface area contributed by atoms with E-state index in [1.807, 2.05) is 11.3 Å². The minimum Gasteiger partial charge on any atom is -0.366 e. The number of para-hydroxylation sites is 1. The van der Waals surface area contributed by atoms with Crippen molar-refractivity contribution < 1.29 is 0 Å². The van der Waals surface area contributed by atoms with Gasteiger partial charge in [-0.2, -0.15) is 0 Å². The summed E-state index contributed by atoms with van der Waals surface area (Å²) in [6, 6.07) is 13.3. The molecule has 0 radical (unpaired) electrons. The summed E-state index contributed by atoms with van der Waals surface area (Å²) in [7, 11) is 0. The third-order valence-corrected chi connectivity index (χ3v) is 4.91. The first-order chi connectivity index (χ1) is 10.0. The van der Waals surface area contributed by atoms with E-state index in [9.17, 15) is 0 Å². The number of hydrogen-bond donors (Lipinski definition) is 1. The van der Waals surface area contributed by atoms with Crippen molar-refractivity contribution in [3.63, 3.8) is 0 Å². The van der Waals surface area contributed by atoms with Gasteiger partial charge in [-0.15, -0.1) is 11.3 Å². The highest BCUT2D eigenvalue weighted by Gasteiger charge is 2.19. The summed E-state index contributed by atoms with van der Waals surface area (Å²) < 4.78 is 0. The van der Waals surface area contributed by atoms with E-state index in [0.717, 1.165) is 19.6 Å². The van der Waals surface area contributed by atoms with Crippen molar-refractivity contribution in [2.45, 2.75) is 45.8 Å². The molecule has 112 valence electrons. The van der Waals surface area contributed by atoms with Gasteiger partial charge in [-0.1, -0.05) is 18.2 Å². The van der Waals surface area contributed by atoms with Crippen molar-refractivity contribution in [3.8, 4) is 0 Å². The molecular weight excluding hydrogens is 276 g/mol. The fourth-order valence-electron chi connectivity index (χ4n) is 2.71. The summed E-state index contributed by atoms with van der Waals surface area (Å²) >= 11 is 1.93. The molecule has 0 saturated heterocycles. The lowest BCUT2D eigenvalue weighted by Crippen LogP contribution is -2.34. The molecular formula is C18H24N2S. The summed E-state index contributed by atoms with van der Waals surface area (Å²) in [5.74, 6) is 0. The zero-order valence-corrected chi connectivity index (χ0v) is 14.0. The minimum absolute atomic E-state index is 0.179. The molecule has 0 fully saturated rings. The maximum Gasteiger partial charge on any atom is 0.0523 e. The van der Waals surface area contributed by atoms with E-state index >= 15 is 0 Å². The van der Waals surface area contributed by atoms with Crippen molar-refractivity contribution in [2.75, 3.05) is 11.4 Å². The van der Waals surface area contributed by atoms with Gasteiger partial charge in [0.1, 0.15) is 0 Å². The van der Waals surface area contributed by atoms with E-state index in [0.29, 0.717) is 0 Å². The highest BCUT2D eigenvalue weighted by atomic mass is 32.1.